The Morgan fingerprint density at radius 2 is 2.05 bits per heavy atom. The van der Waals surface area contributed by atoms with Gasteiger partial charge in [0, 0.05) is 50.0 Å². The molecule has 2 saturated heterocycles. The Labute approximate surface area is 126 Å². The van der Waals surface area contributed by atoms with Gasteiger partial charge in [0.1, 0.15) is 0 Å². The van der Waals surface area contributed by atoms with Crippen LogP contribution < -0.4 is 5.32 Å². The smallest absolute Gasteiger partial charge is 0.317 e. The molecular formula is C16H24N4O. The summed E-state index contributed by atoms with van der Waals surface area (Å²) in [5.41, 5.74) is 1.65. The van der Waals surface area contributed by atoms with Gasteiger partial charge in [-0.15, -0.1) is 0 Å². The van der Waals surface area contributed by atoms with Crippen LogP contribution in [0, 0.1) is 5.41 Å². The second-order valence-corrected chi connectivity index (χ2v) is 6.78. The molecular weight excluding hydrogens is 264 g/mol. The lowest BCUT2D eigenvalue weighted by molar-refractivity contribution is 0.0373. The Hall–Kier alpha value is -1.62. The molecule has 2 amide bonds. The highest BCUT2D eigenvalue weighted by Crippen LogP contribution is 2.39. The van der Waals surface area contributed by atoms with Gasteiger partial charge in [-0.05, 0) is 44.5 Å². The fraction of sp³-hybridized carbons (Fsp3) is 0.625. The number of carbonyl (C=O) groups is 1. The number of amides is 2. The van der Waals surface area contributed by atoms with Gasteiger partial charge in [-0.3, -0.25) is 9.88 Å². The van der Waals surface area contributed by atoms with E-state index in [0.29, 0.717) is 5.41 Å². The van der Waals surface area contributed by atoms with Gasteiger partial charge in [-0.1, -0.05) is 0 Å². The van der Waals surface area contributed by atoms with Crippen LogP contribution >= 0.6 is 0 Å². The number of nitrogens with zero attached hydrogens (tertiary/aromatic N) is 3. The van der Waals surface area contributed by atoms with E-state index in [4.69, 9.17) is 0 Å². The van der Waals surface area contributed by atoms with E-state index >= 15 is 0 Å². The average Bonchev–Trinajstić information content (AvgIpc) is 2.81. The number of urea groups is 1. The van der Waals surface area contributed by atoms with Crippen molar-refractivity contribution in [3.05, 3.63) is 30.1 Å². The second kappa shape index (κ2) is 5.64. The van der Waals surface area contributed by atoms with E-state index in [1.54, 1.807) is 0 Å². The maximum atomic E-state index is 11.9. The van der Waals surface area contributed by atoms with Crippen molar-refractivity contribution in [2.24, 2.45) is 5.41 Å². The Bertz CT molecular complexity index is 496. The van der Waals surface area contributed by atoms with Gasteiger partial charge < -0.3 is 10.2 Å². The Balaban J connectivity index is 1.49. The van der Waals surface area contributed by atoms with Crippen molar-refractivity contribution < 1.29 is 4.79 Å². The van der Waals surface area contributed by atoms with Crippen molar-refractivity contribution in [1.82, 2.24) is 20.1 Å². The van der Waals surface area contributed by atoms with Crippen molar-refractivity contribution in [3.63, 3.8) is 0 Å². The molecule has 0 bridgehead atoms. The molecule has 2 aliphatic heterocycles. The van der Waals surface area contributed by atoms with Gasteiger partial charge >= 0.3 is 6.03 Å². The molecule has 0 atom stereocenters. The minimum atomic E-state index is 0.0863. The number of pyridine rings is 1. The van der Waals surface area contributed by atoms with Crippen LogP contribution in [0.15, 0.2) is 24.5 Å². The van der Waals surface area contributed by atoms with Gasteiger partial charge in [0.25, 0.3) is 0 Å². The van der Waals surface area contributed by atoms with Gasteiger partial charge in [0.2, 0.25) is 0 Å². The van der Waals surface area contributed by atoms with E-state index < -0.39 is 0 Å². The molecule has 114 valence electrons. The third-order valence-electron chi connectivity index (χ3n) is 4.42. The van der Waals surface area contributed by atoms with Crippen molar-refractivity contribution in [2.75, 3.05) is 26.2 Å². The predicted molar refractivity (Wildman–Crippen MR) is 81.8 cm³/mol. The molecule has 5 heteroatoms. The lowest BCUT2D eigenvalue weighted by Gasteiger charge is -2.48. The quantitative estimate of drug-likeness (QED) is 0.921. The van der Waals surface area contributed by atoms with Crippen molar-refractivity contribution >= 4 is 6.03 Å². The highest BCUT2D eigenvalue weighted by atomic mass is 16.2. The van der Waals surface area contributed by atoms with Crippen LogP contribution in [-0.2, 0) is 6.54 Å². The molecule has 1 spiro atoms. The normalized spacial score (nSPS) is 20.8. The van der Waals surface area contributed by atoms with Gasteiger partial charge in [-0.2, -0.15) is 0 Å². The molecule has 2 aliphatic rings. The molecule has 1 N–H and O–H groups in total. The zero-order valence-electron chi connectivity index (χ0n) is 12.9. The molecule has 3 heterocycles. The van der Waals surface area contributed by atoms with E-state index in [1.165, 1.54) is 12.0 Å². The zero-order valence-corrected chi connectivity index (χ0v) is 12.9. The molecule has 1 aromatic rings. The van der Waals surface area contributed by atoms with Crippen LogP contribution in [0.5, 0.6) is 0 Å². The summed E-state index contributed by atoms with van der Waals surface area (Å²) in [7, 11) is 0. The van der Waals surface area contributed by atoms with E-state index in [2.05, 4.69) is 27.3 Å². The lowest BCUT2D eigenvalue weighted by Crippen LogP contribution is -2.62. The maximum Gasteiger partial charge on any atom is 0.317 e. The van der Waals surface area contributed by atoms with E-state index in [9.17, 15) is 4.79 Å². The first-order valence-electron chi connectivity index (χ1n) is 7.73. The standard InChI is InChI=1S/C16H24N4O/c1-13(2)18-15(21)20-11-16(12-20)5-8-19(10-16)9-14-3-6-17-7-4-14/h3-4,6-7,13H,5,8-12H2,1-2H3,(H,18,21). The largest absolute Gasteiger partial charge is 0.336 e. The highest BCUT2D eigenvalue weighted by molar-refractivity contribution is 5.75. The van der Waals surface area contributed by atoms with Crippen LogP contribution in [-0.4, -0.2) is 53.0 Å². The maximum absolute atomic E-state index is 11.9. The summed E-state index contributed by atoms with van der Waals surface area (Å²) in [6.07, 6.45) is 4.90. The molecule has 1 aromatic heterocycles. The summed E-state index contributed by atoms with van der Waals surface area (Å²) in [6, 6.07) is 4.45. The van der Waals surface area contributed by atoms with Crippen molar-refractivity contribution in [3.8, 4) is 0 Å². The molecule has 0 aliphatic carbocycles. The molecule has 5 nitrogen and oxygen atoms in total. The molecule has 0 saturated carbocycles. The molecule has 21 heavy (non-hydrogen) atoms. The second-order valence-electron chi connectivity index (χ2n) is 6.78. The van der Waals surface area contributed by atoms with Gasteiger partial charge in [0.15, 0.2) is 0 Å². The predicted octanol–water partition coefficient (Wildman–Crippen LogP) is 1.71. The average molecular weight is 288 g/mol. The van der Waals surface area contributed by atoms with Crippen molar-refractivity contribution in [1.29, 1.82) is 0 Å². The summed E-state index contributed by atoms with van der Waals surface area (Å²) < 4.78 is 0. The number of carbonyl (C=O) groups excluding carboxylic acids is 1. The third-order valence-corrected chi connectivity index (χ3v) is 4.42. The number of likely N-dealkylation sites (tertiary alicyclic amines) is 2. The number of rotatable bonds is 3. The number of hydrogen-bond donors (Lipinski definition) is 1. The SMILES string of the molecule is CC(C)NC(=O)N1CC2(CCN(Cc3ccncc3)C2)C1. The lowest BCUT2D eigenvalue weighted by atomic mass is 9.79. The zero-order chi connectivity index (χ0) is 14.9. The first kappa shape index (κ1) is 14.3. The van der Waals surface area contributed by atoms with Gasteiger partial charge in [-0.25, -0.2) is 4.79 Å². The number of aromatic nitrogens is 1. The third kappa shape index (κ3) is 3.18. The summed E-state index contributed by atoms with van der Waals surface area (Å²) in [4.78, 5) is 20.4. The Morgan fingerprint density at radius 1 is 1.33 bits per heavy atom. The minimum Gasteiger partial charge on any atom is -0.336 e. The molecule has 0 aromatic carbocycles. The van der Waals surface area contributed by atoms with E-state index in [-0.39, 0.29) is 12.1 Å². The van der Waals surface area contributed by atoms with Crippen LogP contribution in [0.4, 0.5) is 4.79 Å². The monoisotopic (exact) mass is 288 g/mol. The molecule has 0 unspecified atom stereocenters. The minimum absolute atomic E-state index is 0.0863. The summed E-state index contributed by atoms with van der Waals surface area (Å²) in [5, 5.41) is 2.97. The van der Waals surface area contributed by atoms with Crippen LogP contribution in [0.2, 0.25) is 0 Å². The Kier molecular flexibility index (Phi) is 3.85. The van der Waals surface area contributed by atoms with E-state index in [1.807, 2.05) is 31.1 Å². The summed E-state index contributed by atoms with van der Waals surface area (Å²) in [6.45, 7) is 9.01. The van der Waals surface area contributed by atoms with Gasteiger partial charge in [0.05, 0.1) is 0 Å². The molecule has 3 rings (SSSR count). The van der Waals surface area contributed by atoms with Crippen LogP contribution in [0.25, 0.3) is 0 Å². The summed E-state index contributed by atoms with van der Waals surface area (Å²) in [5.74, 6) is 0. The molecule has 0 radical (unpaired) electrons. The Morgan fingerprint density at radius 3 is 2.71 bits per heavy atom. The highest BCUT2D eigenvalue weighted by Gasteiger charge is 2.49. The number of nitrogens with one attached hydrogen (secondary N) is 1. The first-order valence-corrected chi connectivity index (χ1v) is 7.73. The topological polar surface area (TPSA) is 48.5 Å². The fourth-order valence-electron chi connectivity index (χ4n) is 3.41. The molecule has 2 fully saturated rings. The van der Waals surface area contributed by atoms with Crippen LogP contribution in [0.3, 0.4) is 0 Å². The van der Waals surface area contributed by atoms with Crippen molar-refractivity contribution in [2.45, 2.75) is 32.9 Å². The van der Waals surface area contributed by atoms with Crippen LogP contribution in [0.1, 0.15) is 25.8 Å². The van der Waals surface area contributed by atoms with E-state index in [0.717, 1.165) is 32.7 Å². The fourth-order valence-corrected chi connectivity index (χ4v) is 3.41. The first-order chi connectivity index (χ1) is 10.1. The summed E-state index contributed by atoms with van der Waals surface area (Å²) >= 11 is 0. The number of hydrogen-bond acceptors (Lipinski definition) is 3.